The summed E-state index contributed by atoms with van der Waals surface area (Å²) < 4.78 is 35.8. The van der Waals surface area contributed by atoms with Crippen molar-refractivity contribution < 1.29 is 27.5 Å². The second-order valence-corrected chi connectivity index (χ2v) is 8.72. The Labute approximate surface area is 180 Å². The molecule has 10 heteroatoms. The molecule has 30 heavy (non-hydrogen) atoms. The lowest BCUT2D eigenvalue weighted by Crippen LogP contribution is -2.37. The van der Waals surface area contributed by atoms with Crippen LogP contribution in [0.1, 0.15) is 22.8 Å². The highest BCUT2D eigenvalue weighted by molar-refractivity contribution is 7.92. The molecule has 0 aliphatic rings. The van der Waals surface area contributed by atoms with Crippen LogP contribution < -0.4 is 14.4 Å². The molecule has 0 unspecified atom stereocenters. The second kappa shape index (κ2) is 9.82. The van der Waals surface area contributed by atoms with E-state index in [1.54, 1.807) is 32.0 Å². The van der Waals surface area contributed by atoms with Gasteiger partial charge in [-0.25, -0.2) is 13.2 Å². The maximum atomic E-state index is 12.6. The van der Waals surface area contributed by atoms with E-state index in [1.807, 2.05) is 0 Å². The Kier molecular flexibility index (Phi) is 7.69. The third kappa shape index (κ3) is 5.87. The molecule has 0 spiro atoms. The van der Waals surface area contributed by atoms with Crippen LogP contribution in [-0.2, 0) is 19.6 Å². The zero-order chi connectivity index (χ0) is 22.5. The minimum Gasteiger partial charge on any atom is -0.495 e. The molecule has 2 rings (SSSR count). The number of amides is 1. The zero-order valence-electron chi connectivity index (χ0n) is 17.1. The number of benzene rings is 2. The molecule has 0 heterocycles. The van der Waals surface area contributed by atoms with Gasteiger partial charge in [0.1, 0.15) is 12.3 Å². The number of anilines is 2. The van der Waals surface area contributed by atoms with Gasteiger partial charge in [-0.05, 0) is 49.7 Å². The van der Waals surface area contributed by atoms with E-state index in [-0.39, 0.29) is 28.6 Å². The average Bonchev–Trinajstić information content (AvgIpc) is 2.67. The standard InChI is InChI=1S/C20H23ClN2O6S/c1-5-29-20(25)14-7-8-16(15(21)11-14)22-19(24)12-23(30(4,26)27)17-10-13(2)6-9-18(17)28-3/h6-11H,5,12H2,1-4H3,(H,22,24). The van der Waals surface area contributed by atoms with E-state index < -0.39 is 28.4 Å². The average molecular weight is 455 g/mol. The van der Waals surface area contributed by atoms with Gasteiger partial charge in [0.15, 0.2) is 0 Å². The predicted octanol–water partition coefficient (Wildman–Crippen LogP) is 3.24. The minimum atomic E-state index is -3.79. The van der Waals surface area contributed by atoms with E-state index in [2.05, 4.69) is 5.32 Å². The van der Waals surface area contributed by atoms with Gasteiger partial charge in [-0.1, -0.05) is 17.7 Å². The number of halogens is 1. The lowest BCUT2D eigenvalue weighted by Gasteiger charge is -2.24. The van der Waals surface area contributed by atoms with Crippen molar-refractivity contribution in [3.05, 3.63) is 52.5 Å². The van der Waals surface area contributed by atoms with Gasteiger partial charge in [0.05, 0.1) is 41.9 Å². The minimum absolute atomic E-state index is 0.118. The number of methoxy groups -OCH3 is 1. The number of sulfonamides is 1. The molecule has 8 nitrogen and oxygen atoms in total. The van der Waals surface area contributed by atoms with Gasteiger partial charge in [-0.3, -0.25) is 9.10 Å². The highest BCUT2D eigenvalue weighted by atomic mass is 35.5. The van der Waals surface area contributed by atoms with E-state index in [1.165, 1.54) is 25.3 Å². The largest absolute Gasteiger partial charge is 0.495 e. The molecule has 0 atom stereocenters. The molecule has 162 valence electrons. The Morgan fingerprint density at radius 1 is 1.17 bits per heavy atom. The number of carbonyl (C=O) groups excluding carboxylic acids is 2. The molecular weight excluding hydrogens is 432 g/mol. The van der Waals surface area contributed by atoms with E-state index in [4.69, 9.17) is 21.1 Å². The van der Waals surface area contributed by atoms with E-state index >= 15 is 0 Å². The quantitative estimate of drug-likeness (QED) is 0.614. The van der Waals surface area contributed by atoms with Crippen molar-refractivity contribution in [3.63, 3.8) is 0 Å². The summed E-state index contributed by atoms with van der Waals surface area (Å²) in [6.07, 6.45) is 1.00. The monoisotopic (exact) mass is 454 g/mol. The molecular formula is C20H23ClN2O6S. The summed E-state index contributed by atoms with van der Waals surface area (Å²) in [4.78, 5) is 24.4. The van der Waals surface area contributed by atoms with Crippen LogP contribution in [-0.4, -0.2) is 46.8 Å². The first-order valence-electron chi connectivity index (χ1n) is 8.95. The fraction of sp³-hybridized carbons (Fsp3) is 0.300. The summed E-state index contributed by atoms with van der Waals surface area (Å²) in [5.74, 6) is -0.836. The second-order valence-electron chi connectivity index (χ2n) is 6.41. The number of ether oxygens (including phenoxy) is 2. The van der Waals surface area contributed by atoms with Crippen LogP contribution in [0.3, 0.4) is 0 Å². The van der Waals surface area contributed by atoms with Crippen LogP contribution in [0.4, 0.5) is 11.4 Å². The lowest BCUT2D eigenvalue weighted by molar-refractivity contribution is -0.114. The molecule has 1 amide bonds. The summed E-state index contributed by atoms with van der Waals surface area (Å²) in [5.41, 5.74) is 1.53. The van der Waals surface area contributed by atoms with Gasteiger partial charge >= 0.3 is 5.97 Å². The van der Waals surface area contributed by atoms with E-state index in [0.29, 0.717) is 5.75 Å². The van der Waals surface area contributed by atoms with Gasteiger partial charge in [-0.2, -0.15) is 0 Å². The summed E-state index contributed by atoms with van der Waals surface area (Å²) in [5, 5.41) is 2.68. The molecule has 0 fully saturated rings. The Morgan fingerprint density at radius 3 is 2.43 bits per heavy atom. The fourth-order valence-electron chi connectivity index (χ4n) is 2.65. The number of nitrogens with one attached hydrogen (secondary N) is 1. The van der Waals surface area contributed by atoms with Crippen molar-refractivity contribution in [1.82, 2.24) is 0 Å². The first kappa shape index (κ1) is 23.5. The molecule has 2 aromatic carbocycles. The Hall–Kier alpha value is -2.78. The third-order valence-electron chi connectivity index (χ3n) is 4.04. The molecule has 0 saturated heterocycles. The molecule has 0 saturated carbocycles. The lowest BCUT2D eigenvalue weighted by atomic mass is 10.2. The van der Waals surface area contributed by atoms with Crippen LogP contribution in [0.5, 0.6) is 5.75 Å². The van der Waals surface area contributed by atoms with Gasteiger partial charge in [0, 0.05) is 0 Å². The molecule has 0 bridgehead atoms. The van der Waals surface area contributed by atoms with Crippen molar-refractivity contribution in [3.8, 4) is 5.75 Å². The zero-order valence-corrected chi connectivity index (χ0v) is 18.6. The van der Waals surface area contributed by atoms with Crippen molar-refractivity contribution in [2.75, 3.05) is 36.1 Å². The number of rotatable bonds is 8. The van der Waals surface area contributed by atoms with E-state index in [9.17, 15) is 18.0 Å². The van der Waals surface area contributed by atoms with Crippen molar-refractivity contribution in [1.29, 1.82) is 0 Å². The molecule has 1 N–H and O–H groups in total. The highest BCUT2D eigenvalue weighted by Gasteiger charge is 2.24. The SMILES string of the molecule is CCOC(=O)c1ccc(NC(=O)CN(c2cc(C)ccc2OC)S(C)(=O)=O)c(Cl)c1. The fourth-order valence-corrected chi connectivity index (χ4v) is 3.73. The molecule has 0 aliphatic heterocycles. The van der Waals surface area contributed by atoms with Crippen LogP contribution in [0.2, 0.25) is 5.02 Å². The number of hydrogen-bond donors (Lipinski definition) is 1. The smallest absolute Gasteiger partial charge is 0.338 e. The highest BCUT2D eigenvalue weighted by Crippen LogP contribution is 2.31. The Morgan fingerprint density at radius 2 is 1.87 bits per heavy atom. The van der Waals surface area contributed by atoms with Crippen molar-refractivity contribution >= 4 is 44.9 Å². The third-order valence-corrected chi connectivity index (χ3v) is 5.48. The van der Waals surface area contributed by atoms with Crippen molar-refractivity contribution in [2.24, 2.45) is 0 Å². The number of nitrogens with zero attached hydrogens (tertiary/aromatic N) is 1. The number of esters is 1. The van der Waals surface area contributed by atoms with Crippen LogP contribution in [0.25, 0.3) is 0 Å². The summed E-state index contributed by atoms with van der Waals surface area (Å²) >= 11 is 6.16. The summed E-state index contributed by atoms with van der Waals surface area (Å²) in [6, 6.07) is 9.29. The van der Waals surface area contributed by atoms with Crippen LogP contribution >= 0.6 is 11.6 Å². The van der Waals surface area contributed by atoms with Gasteiger partial charge < -0.3 is 14.8 Å². The Balaban J connectivity index is 2.26. The molecule has 0 aromatic heterocycles. The molecule has 0 radical (unpaired) electrons. The van der Waals surface area contributed by atoms with Gasteiger partial charge in [0.25, 0.3) is 0 Å². The van der Waals surface area contributed by atoms with Crippen molar-refractivity contribution in [2.45, 2.75) is 13.8 Å². The summed E-state index contributed by atoms with van der Waals surface area (Å²) in [7, 11) is -2.37. The van der Waals surface area contributed by atoms with Gasteiger partial charge in [-0.15, -0.1) is 0 Å². The first-order valence-corrected chi connectivity index (χ1v) is 11.2. The van der Waals surface area contributed by atoms with Crippen LogP contribution in [0, 0.1) is 6.92 Å². The predicted molar refractivity (Wildman–Crippen MR) is 116 cm³/mol. The number of aryl methyl sites for hydroxylation is 1. The topological polar surface area (TPSA) is 102 Å². The van der Waals surface area contributed by atoms with E-state index in [0.717, 1.165) is 16.1 Å². The maximum Gasteiger partial charge on any atom is 0.338 e. The summed E-state index contributed by atoms with van der Waals surface area (Å²) in [6.45, 7) is 3.21. The Bertz CT molecular complexity index is 1060. The number of carbonyl (C=O) groups is 2. The molecule has 0 aliphatic carbocycles. The normalized spacial score (nSPS) is 11.0. The first-order chi connectivity index (χ1) is 14.1. The number of hydrogen-bond acceptors (Lipinski definition) is 6. The van der Waals surface area contributed by atoms with Crippen LogP contribution in [0.15, 0.2) is 36.4 Å². The maximum absolute atomic E-state index is 12.6. The molecule has 2 aromatic rings. The van der Waals surface area contributed by atoms with Gasteiger partial charge in [0.2, 0.25) is 15.9 Å².